The first-order valence-corrected chi connectivity index (χ1v) is 7.86. The van der Waals surface area contributed by atoms with Crippen molar-refractivity contribution in [3.05, 3.63) is 35.0 Å². The van der Waals surface area contributed by atoms with E-state index in [-0.39, 0.29) is 11.8 Å². The maximum absolute atomic E-state index is 12.1. The first-order chi connectivity index (χ1) is 10.2. The van der Waals surface area contributed by atoms with Crippen LogP contribution in [0.5, 0.6) is 0 Å². The summed E-state index contributed by atoms with van der Waals surface area (Å²) in [4.78, 5) is 15.3. The molecule has 1 aromatic carbocycles. The molecular formula is C16H20ClN3O. The number of hydrogen-bond donors (Lipinski definition) is 3. The molecule has 0 aliphatic carbocycles. The molecule has 0 saturated carbocycles. The molecule has 0 unspecified atom stereocenters. The Morgan fingerprint density at radius 2 is 2.14 bits per heavy atom. The molecule has 1 saturated heterocycles. The van der Waals surface area contributed by atoms with Crippen LogP contribution in [-0.2, 0) is 11.2 Å². The molecule has 1 aliphatic rings. The van der Waals surface area contributed by atoms with Gasteiger partial charge in [0, 0.05) is 34.6 Å². The fourth-order valence-corrected chi connectivity index (χ4v) is 3.08. The average Bonchev–Trinajstić information content (AvgIpc) is 2.90. The first-order valence-electron chi connectivity index (χ1n) is 7.48. The Morgan fingerprint density at radius 1 is 1.33 bits per heavy atom. The fourth-order valence-electron chi connectivity index (χ4n) is 2.91. The van der Waals surface area contributed by atoms with Crippen molar-refractivity contribution in [1.82, 2.24) is 15.6 Å². The molecule has 4 nitrogen and oxygen atoms in total. The highest BCUT2D eigenvalue weighted by molar-refractivity contribution is 6.31. The smallest absolute Gasteiger partial charge is 0.223 e. The lowest BCUT2D eigenvalue weighted by Gasteiger charge is -2.21. The molecule has 3 N–H and O–H groups in total. The molecule has 1 fully saturated rings. The van der Waals surface area contributed by atoms with Crippen LogP contribution in [-0.4, -0.2) is 30.5 Å². The molecule has 0 spiro atoms. The molecule has 2 heterocycles. The lowest BCUT2D eigenvalue weighted by molar-refractivity contribution is -0.125. The average molecular weight is 306 g/mol. The number of amides is 1. The first kappa shape index (κ1) is 14.4. The number of carbonyl (C=O) groups excluding carboxylic acids is 1. The summed E-state index contributed by atoms with van der Waals surface area (Å²) in [5, 5.41) is 8.21. The second-order valence-electron chi connectivity index (χ2n) is 5.57. The summed E-state index contributed by atoms with van der Waals surface area (Å²) in [5.74, 6) is 0.359. The Bertz CT molecular complexity index is 631. The second kappa shape index (κ2) is 6.50. The van der Waals surface area contributed by atoms with Gasteiger partial charge in [-0.05, 0) is 56.1 Å². The van der Waals surface area contributed by atoms with Gasteiger partial charge in [0.1, 0.15) is 0 Å². The van der Waals surface area contributed by atoms with Gasteiger partial charge >= 0.3 is 0 Å². The molecule has 1 amide bonds. The third-order valence-electron chi connectivity index (χ3n) is 4.13. The quantitative estimate of drug-likeness (QED) is 0.813. The number of nitrogens with one attached hydrogen (secondary N) is 3. The number of H-pyrrole nitrogens is 1. The third kappa shape index (κ3) is 3.39. The van der Waals surface area contributed by atoms with E-state index in [4.69, 9.17) is 11.6 Å². The summed E-state index contributed by atoms with van der Waals surface area (Å²) < 4.78 is 0. The predicted molar refractivity (Wildman–Crippen MR) is 85.6 cm³/mol. The van der Waals surface area contributed by atoms with Gasteiger partial charge in [-0.1, -0.05) is 11.6 Å². The molecule has 5 heteroatoms. The van der Waals surface area contributed by atoms with Gasteiger partial charge in [0.25, 0.3) is 0 Å². The van der Waals surface area contributed by atoms with E-state index in [9.17, 15) is 4.79 Å². The van der Waals surface area contributed by atoms with Gasteiger partial charge in [-0.25, -0.2) is 0 Å². The lowest BCUT2D eigenvalue weighted by Crippen LogP contribution is -2.38. The Kier molecular flexibility index (Phi) is 4.46. The Morgan fingerprint density at radius 3 is 2.95 bits per heavy atom. The summed E-state index contributed by atoms with van der Waals surface area (Å²) in [5.41, 5.74) is 2.28. The highest BCUT2D eigenvalue weighted by Crippen LogP contribution is 2.22. The van der Waals surface area contributed by atoms with E-state index < -0.39 is 0 Å². The zero-order valence-corrected chi connectivity index (χ0v) is 12.7. The summed E-state index contributed by atoms with van der Waals surface area (Å²) >= 11 is 6.04. The van der Waals surface area contributed by atoms with Crippen molar-refractivity contribution in [2.45, 2.75) is 19.3 Å². The van der Waals surface area contributed by atoms with Crippen molar-refractivity contribution < 1.29 is 4.79 Å². The minimum atomic E-state index is 0.170. The highest BCUT2D eigenvalue weighted by Gasteiger charge is 2.20. The van der Waals surface area contributed by atoms with Crippen LogP contribution in [0.15, 0.2) is 24.4 Å². The lowest BCUT2D eigenvalue weighted by atomic mass is 9.97. The van der Waals surface area contributed by atoms with Crippen LogP contribution in [0.25, 0.3) is 10.9 Å². The summed E-state index contributed by atoms with van der Waals surface area (Å²) in [6.45, 7) is 2.56. The molecule has 112 valence electrons. The van der Waals surface area contributed by atoms with Crippen molar-refractivity contribution in [1.29, 1.82) is 0 Å². The zero-order chi connectivity index (χ0) is 14.7. The second-order valence-corrected chi connectivity index (χ2v) is 6.01. The molecular weight excluding hydrogens is 286 g/mol. The van der Waals surface area contributed by atoms with Crippen LogP contribution in [0.3, 0.4) is 0 Å². The van der Waals surface area contributed by atoms with Crippen LogP contribution >= 0.6 is 11.6 Å². The number of fused-ring (bicyclic) bond motifs is 1. The predicted octanol–water partition coefficient (Wildman–Crippen LogP) is 2.48. The SMILES string of the molecule is O=C(NCCc1c[nH]c2ccc(Cl)cc12)C1CCNCC1. The van der Waals surface area contributed by atoms with E-state index in [2.05, 4.69) is 15.6 Å². The molecule has 0 radical (unpaired) electrons. The Labute approximate surface area is 129 Å². The number of carbonyl (C=O) groups is 1. The number of piperidine rings is 1. The number of aromatic nitrogens is 1. The number of benzene rings is 1. The van der Waals surface area contributed by atoms with E-state index in [1.165, 1.54) is 5.56 Å². The number of rotatable bonds is 4. The van der Waals surface area contributed by atoms with Crippen molar-refractivity contribution in [3.8, 4) is 0 Å². The minimum absolute atomic E-state index is 0.170. The molecule has 1 aromatic heterocycles. The highest BCUT2D eigenvalue weighted by atomic mass is 35.5. The van der Waals surface area contributed by atoms with Crippen molar-refractivity contribution in [2.24, 2.45) is 5.92 Å². The molecule has 0 bridgehead atoms. The van der Waals surface area contributed by atoms with Crippen LogP contribution in [0.1, 0.15) is 18.4 Å². The molecule has 1 aliphatic heterocycles. The van der Waals surface area contributed by atoms with E-state index >= 15 is 0 Å². The molecule has 21 heavy (non-hydrogen) atoms. The Hall–Kier alpha value is -1.52. The monoisotopic (exact) mass is 305 g/mol. The van der Waals surface area contributed by atoms with Crippen LogP contribution < -0.4 is 10.6 Å². The van der Waals surface area contributed by atoms with Crippen molar-refractivity contribution in [2.75, 3.05) is 19.6 Å². The molecule has 0 atom stereocenters. The maximum atomic E-state index is 12.1. The van der Waals surface area contributed by atoms with Gasteiger partial charge in [-0.3, -0.25) is 4.79 Å². The van der Waals surface area contributed by atoms with E-state index in [0.29, 0.717) is 6.54 Å². The van der Waals surface area contributed by atoms with Gasteiger partial charge < -0.3 is 15.6 Å². The van der Waals surface area contributed by atoms with Gasteiger partial charge in [0.05, 0.1) is 0 Å². The van der Waals surface area contributed by atoms with Crippen LogP contribution in [0.2, 0.25) is 5.02 Å². The maximum Gasteiger partial charge on any atom is 0.223 e. The number of hydrogen-bond acceptors (Lipinski definition) is 2. The summed E-state index contributed by atoms with van der Waals surface area (Å²) in [6, 6.07) is 5.83. The number of aromatic amines is 1. The third-order valence-corrected chi connectivity index (χ3v) is 4.37. The zero-order valence-electron chi connectivity index (χ0n) is 11.9. The van der Waals surface area contributed by atoms with E-state index in [1.807, 2.05) is 24.4 Å². The van der Waals surface area contributed by atoms with Gasteiger partial charge in [0.2, 0.25) is 5.91 Å². The standard InChI is InChI=1S/C16H20ClN3O/c17-13-1-2-15-14(9-13)12(10-20-15)5-8-19-16(21)11-3-6-18-7-4-11/h1-2,9-11,18,20H,3-8H2,(H,19,21). The van der Waals surface area contributed by atoms with Crippen molar-refractivity contribution in [3.63, 3.8) is 0 Å². The minimum Gasteiger partial charge on any atom is -0.361 e. The van der Waals surface area contributed by atoms with Gasteiger partial charge in [-0.2, -0.15) is 0 Å². The largest absolute Gasteiger partial charge is 0.361 e. The Balaban J connectivity index is 1.56. The number of halogens is 1. The van der Waals surface area contributed by atoms with E-state index in [0.717, 1.165) is 48.3 Å². The van der Waals surface area contributed by atoms with Crippen molar-refractivity contribution >= 4 is 28.4 Å². The molecule has 3 rings (SSSR count). The molecule has 2 aromatic rings. The van der Waals surface area contributed by atoms with Crippen LogP contribution in [0, 0.1) is 5.92 Å². The van der Waals surface area contributed by atoms with E-state index in [1.54, 1.807) is 0 Å². The summed E-state index contributed by atoms with van der Waals surface area (Å²) in [7, 11) is 0. The topological polar surface area (TPSA) is 56.9 Å². The van der Waals surface area contributed by atoms with Gasteiger partial charge in [-0.15, -0.1) is 0 Å². The normalized spacial score (nSPS) is 16.2. The fraction of sp³-hybridized carbons (Fsp3) is 0.438. The van der Waals surface area contributed by atoms with Gasteiger partial charge in [0.15, 0.2) is 0 Å². The summed E-state index contributed by atoms with van der Waals surface area (Å²) in [6.07, 6.45) is 4.69. The van der Waals surface area contributed by atoms with Crippen LogP contribution in [0.4, 0.5) is 0 Å².